The maximum atomic E-state index is 12.0. The van der Waals surface area contributed by atoms with Crippen molar-refractivity contribution in [3.8, 4) is 0 Å². The molecule has 0 amide bonds. The molecule has 124 valence electrons. The molecule has 0 heterocycles. The normalized spacial score (nSPS) is 14.5. The van der Waals surface area contributed by atoms with Gasteiger partial charge in [0.25, 0.3) is 0 Å². The summed E-state index contributed by atoms with van der Waals surface area (Å²) in [5.74, 6) is 0. The van der Waals surface area contributed by atoms with Crippen molar-refractivity contribution in [2.24, 2.45) is 4.40 Å². The van der Waals surface area contributed by atoms with E-state index in [1.807, 2.05) is 31.2 Å². The highest BCUT2D eigenvalue weighted by atomic mass is 32.2. The quantitative estimate of drug-likeness (QED) is 0.403. The van der Waals surface area contributed by atoms with Crippen LogP contribution in [0, 0.1) is 6.92 Å². The van der Waals surface area contributed by atoms with Crippen molar-refractivity contribution >= 4 is 25.5 Å². The molecule has 3 nitrogen and oxygen atoms in total. The number of rotatable bonds is 7. The molecule has 0 radical (unpaired) electrons. The molecule has 22 heavy (non-hydrogen) atoms. The monoisotopic (exact) mass is 339 g/mol. The molecule has 0 N–H and O–H groups in total. The van der Waals surface area contributed by atoms with E-state index in [9.17, 15) is 4.21 Å². The first kappa shape index (κ1) is 19.3. The van der Waals surface area contributed by atoms with Crippen LogP contribution in [-0.4, -0.2) is 25.3 Å². The summed E-state index contributed by atoms with van der Waals surface area (Å²) in [7, 11) is -2.94. The third kappa shape index (κ3) is 6.14. The minimum atomic E-state index is -1.65. The first-order valence-corrected chi connectivity index (χ1v) is 11.8. The van der Waals surface area contributed by atoms with E-state index in [-0.39, 0.29) is 5.04 Å². The van der Waals surface area contributed by atoms with E-state index in [0.29, 0.717) is 0 Å². The van der Waals surface area contributed by atoms with E-state index in [4.69, 9.17) is 4.43 Å². The van der Waals surface area contributed by atoms with Gasteiger partial charge in [-0.05, 0) is 50.0 Å². The van der Waals surface area contributed by atoms with Gasteiger partial charge in [-0.2, -0.15) is 4.40 Å². The molecule has 5 heteroatoms. The van der Waals surface area contributed by atoms with Gasteiger partial charge >= 0.3 is 0 Å². The van der Waals surface area contributed by atoms with Crippen molar-refractivity contribution < 1.29 is 8.63 Å². The molecule has 0 aliphatic heterocycles. The Hall–Kier alpha value is -0.783. The molecule has 0 aliphatic rings. The summed E-state index contributed by atoms with van der Waals surface area (Å²) in [6.45, 7) is 14.0. The average Bonchev–Trinajstić information content (AvgIpc) is 2.41. The van der Waals surface area contributed by atoms with Crippen LogP contribution in [0.5, 0.6) is 0 Å². The van der Waals surface area contributed by atoms with Crippen LogP contribution in [0.15, 0.2) is 33.6 Å². The van der Waals surface area contributed by atoms with E-state index in [0.717, 1.165) is 29.9 Å². The molecule has 0 fully saturated rings. The summed E-state index contributed by atoms with van der Waals surface area (Å²) in [5, 5.41) is 0.244. The minimum Gasteiger partial charge on any atom is -0.417 e. The second-order valence-electron chi connectivity index (χ2n) is 7.10. The second kappa shape index (κ2) is 8.18. The summed E-state index contributed by atoms with van der Waals surface area (Å²) < 4.78 is 22.2. The first-order valence-electron chi connectivity index (χ1n) is 7.78. The molecule has 0 aromatic heterocycles. The van der Waals surface area contributed by atoms with Crippen molar-refractivity contribution in [1.29, 1.82) is 0 Å². The zero-order valence-corrected chi connectivity index (χ0v) is 16.5. The number of hydrogen-bond donors (Lipinski definition) is 0. The molecule has 0 unspecified atom stereocenters. The Balaban J connectivity index is 2.33. The third-order valence-corrected chi connectivity index (χ3v) is 9.69. The van der Waals surface area contributed by atoms with Gasteiger partial charge in [0.2, 0.25) is 0 Å². The van der Waals surface area contributed by atoms with Gasteiger partial charge in [0.1, 0.15) is 0 Å². The van der Waals surface area contributed by atoms with Gasteiger partial charge in [-0.15, -0.1) is 0 Å². The van der Waals surface area contributed by atoms with Crippen LogP contribution in [-0.2, 0) is 15.4 Å². The van der Waals surface area contributed by atoms with Gasteiger partial charge < -0.3 is 4.43 Å². The topological polar surface area (TPSA) is 38.7 Å². The molecule has 0 spiro atoms. The molecular formula is C17H29NO2SSi. The Labute approximate surface area is 138 Å². The first-order chi connectivity index (χ1) is 10.1. The Morgan fingerprint density at radius 3 is 2.36 bits per heavy atom. The second-order valence-corrected chi connectivity index (χ2v) is 13.1. The van der Waals surface area contributed by atoms with Crippen LogP contribution in [0.1, 0.15) is 39.2 Å². The number of benzene rings is 1. The molecule has 1 aromatic rings. The maximum Gasteiger partial charge on any atom is 0.191 e. The molecule has 1 aromatic carbocycles. The zero-order chi connectivity index (χ0) is 16.8. The maximum absolute atomic E-state index is 12.0. The molecule has 0 bridgehead atoms. The lowest BCUT2D eigenvalue weighted by atomic mass is 10.2. The molecule has 0 aliphatic carbocycles. The SMILES string of the molecule is Cc1ccc([S@](=O)/N=C/CCCO[Si](C)(C)C(C)(C)C)cc1. The number of hydrogen-bond acceptors (Lipinski definition) is 2. The Morgan fingerprint density at radius 1 is 1.23 bits per heavy atom. The van der Waals surface area contributed by atoms with Crippen molar-refractivity contribution in [2.75, 3.05) is 6.61 Å². The molecule has 1 atom stereocenters. The molecule has 1 rings (SSSR count). The van der Waals surface area contributed by atoms with E-state index < -0.39 is 19.3 Å². The summed E-state index contributed by atoms with van der Waals surface area (Å²) in [4.78, 5) is 0.749. The highest BCUT2D eigenvalue weighted by Crippen LogP contribution is 2.36. The van der Waals surface area contributed by atoms with Crippen molar-refractivity contribution in [1.82, 2.24) is 0 Å². The fourth-order valence-corrected chi connectivity index (χ4v) is 3.37. The third-order valence-electron chi connectivity index (χ3n) is 4.14. The summed E-state index contributed by atoms with van der Waals surface area (Å²) in [5.41, 5.74) is 1.16. The lowest BCUT2D eigenvalue weighted by Gasteiger charge is -2.36. The van der Waals surface area contributed by atoms with Crippen LogP contribution < -0.4 is 0 Å². The van der Waals surface area contributed by atoms with E-state index in [1.54, 1.807) is 6.21 Å². The van der Waals surface area contributed by atoms with Crippen LogP contribution in [0.2, 0.25) is 18.1 Å². The number of aryl methyl sites for hydroxylation is 1. The van der Waals surface area contributed by atoms with Crippen LogP contribution >= 0.6 is 0 Å². The highest BCUT2D eigenvalue weighted by molar-refractivity contribution is 7.83. The Morgan fingerprint density at radius 2 is 1.82 bits per heavy atom. The van der Waals surface area contributed by atoms with Gasteiger partial charge in [-0.1, -0.05) is 38.5 Å². The smallest absolute Gasteiger partial charge is 0.191 e. The van der Waals surface area contributed by atoms with E-state index in [2.05, 4.69) is 38.3 Å². The summed E-state index contributed by atoms with van der Waals surface area (Å²) in [6.07, 6.45) is 3.47. The van der Waals surface area contributed by atoms with Gasteiger partial charge in [0.05, 0.1) is 4.90 Å². The zero-order valence-electron chi connectivity index (χ0n) is 14.7. The average molecular weight is 340 g/mol. The van der Waals surface area contributed by atoms with E-state index >= 15 is 0 Å². The van der Waals surface area contributed by atoms with Crippen molar-refractivity contribution in [3.63, 3.8) is 0 Å². The molecular weight excluding hydrogens is 310 g/mol. The lowest BCUT2D eigenvalue weighted by molar-refractivity contribution is 0.285. The fraction of sp³-hybridized carbons (Fsp3) is 0.588. The van der Waals surface area contributed by atoms with Crippen molar-refractivity contribution in [2.45, 2.75) is 63.6 Å². The number of nitrogens with zero attached hydrogens (tertiary/aromatic N) is 1. The fourth-order valence-electron chi connectivity index (χ4n) is 1.55. The van der Waals surface area contributed by atoms with Crippen LogP contribution in [0.4, 0.5) is 0 Å². The van der Waals surface area contributed by atoms with Crippen LogP contribution in [0.3, 0.4) is 0 Å². The van der Waals surface area contributed by atoms with Gasteiger partial charge in [0.15, 0.2) is 19.3 Å². The van der Waals surface area contributed by atoms with Gasteiger partial charge in [0, 0.05) is 12.8 Å². The predicted molar refractivity (Wildman–Crippen MR) is 98.5 cm³/mol. The molecule has 0 saturated carbocycles. The molecule has 0 saturated heterocycles. The summed E-state index contributed by atoms with van der Waals surface area (Å²) in [6, 6.07) is 7.64. The van der Waals surface area contributed by atoms with Crippen LogP contribution in [0.25, 0.3) is 0 Å². The lowest BCUT2D eigenvalue weighted by Crippen LogP contribution is -2.40. The Kier molecular flexibility index (Phi) is 7.16. The number of unbranched alkanes of at least 4 members (excludes halogenated alkanes) is 1. The summed E-state index contributed by atoms with van der Waals surface area (Å²) >= 11 is 0. The minimum absolute atomic E-state index is 0.244. The largest absolute Gasteiger partial charge is 0.417 e. The van der Waals surface area contributed by atoms with Gasteiger partial charge in [-0.25, -0.2) is 4.21 Å². The van der Waals surface area contributed by atoms with Gasteiger partial charge in [-0.3, -0.25) is 0 Å². The standard InChI is InChI=1S/C17H29NO2SSi/c1-15-9-11-16(12-10-15)21(19)18-13-7-8-14-20-22(5,6)17(2,3)4/h9-13H,7-8,14H2,1-6H3/b18-13+/t21-/m0/s1. The van der Waals surface area contributed by atoms with Crippen molar-refractivity contribution in [3.05, 3.63) is 29.8 Å². The Bertz CT molecular complexity index is 518. The van der Waals surface area contributed by atoms with E-state index in [1.165, 1.54) is 0 Å². The predicted octanol–water partition coefficient (Wildman–Crippen LogP) is 4.89. The highest BCUT2D eigenvalue weighted by Gasteiger charge is 2.36.